The van der Waals surface area contributed by atoms with Crippen LogP contribution in [0.25, 0.3) is 0 Å². The molecule has 2 rings (SSSR count). The summed E-state index contributed by atoms with van der Waals surface area (Å²) in [6, 6.07) is 4.39. The summed E-state index contributed by atoms with van der Waals surface area (Å²) in [5, 5.41) is 4.27. The van der Waals surface area contributed by atoms with Crippen LogP contribution in [0.2, 0.25) is 0 Å². The van der Waals surface area contributed by atoms with Crippen molar-refractivity contribution in [2.24, 2.45) is 5.73 Å². The summed E-state index contributed by atoms with van der Waals surface area (Å²) in [5.74, 6) is 0.285. The highest BCUT2D eigenvalue weighted by molar-refractivity contribution is 9.10. The first-order chi connectivity index (χ1) is 9.58. The number of aromatic nitrogens is 2. The lowest BCUT2D eigenvalue weighted by Crippen LogP contribution is -2.18. The zero-order chi connectivity index (χ0) is 14.7. The number of benzene rings is 1. The van der Waals surface area contributed by atoms with Crippen LogP contribution >= 0.6 is 15.9 Å². The average Bonchev–Trinajstić information content (AvgIpc) is 2.84. The molecule has 1 unspecified atom stereocenters. The molecule has 0 spiro atoms. The topological polar surface area (TPSA) is 53.1 Å². The van der Waals surface area contributed by atoms with Gasteiger partial charge in [0.05, 0.1) is 23.8 Å². The average molecular weight is 342 g/mol. The smallest absolute Gasteiger partial charge is 0.161 e. The number of halogens is 2. The van der Waals surface area contributed by atoms with Gasteiger partial charge in [-0.3, -0.25) is 4.68 Å². The van der Waals surface area contributed by atoms with E-state index in [4.69, 9.17) is 10.5 Å². The summed E-state index contributed by atoms with van der Waals surface area (Å²) < 4.78 is 21.2. The van der Waals surface area contributed by atoms with E-state index in [1.807, 2.05) is 4.68 Å². The number of aryl methyl sites for hydroxylation is 1. The van der Waals surface area contributed by atoms with Crippen LogP contribution < -0.4 is 10.5 Å². The number of ether oxygens (including phenoxy) is 1. The molecule has 1 atom stereocenters. The highest BCUT2D eigenvalue weighted by Gasteiger charge is 2.20. The van der Waals surface area contributed by atoms with Crippen molar-refractivity contribution in [3.63, 3.8) is 0 Å². The van der Waals surface area contributed by atoms with E-state index in [9.17, 15) is 4.39 Å². The lowest BCUT2D eigenvalue weighted by Gasteiger charge is -2.16. The zero-order valence-electron chi connectivity index (χ0n) is 11.4. The standard InChI is InChI=1S/C14H17BrFN3O/c1-3-6-19-14(12(20-2)8-18-19)13(17)9-4-5-10(15)11(16)7-9/h4-5,7-8,13H,3,6,17H2,1-2H3. The lowest BCUT2D eigenvalue weighted by atomic mass is 10.0. The summed E-state index contributed by atoms with van der Waals surface area (Å²) in [6.45, 7) is 2.80. The number of hydrogen-bond acceptors (Lipinski definition) is 3. The molecule has 20 heavy (non-hydrogen) atoms. The van der Waals surface area contributed by atoms with Crippen LogP contribution in [0.1, 0.15) is 30.6 Å². The largest absolute Gasteiger partial charge is 0.493 e. The minimum absolute atomic E-state index is 0.335. The lowest BCUT2D eigenvalue weighted by molar-refractivity contribution is 0.404. The second-order valence-corrected chi connectivity index (χ2v) is 5.33. The summed E-state index contributed by atoms with van der Waals surface area (Å²) >= 11 is 3.14. The van der Waals surface area contributed by atoms with Gasteiger partial charge >= 0.3 is 0 Å². The van der Waals surface area contributed by atoms with Crippen LogP contribution in [0.3, 0.4) is 0 Å². The highest BCUT2D eigenvalue weighted by Crippen LogP contribution is 2.30. The minimum atomic E-state index is -0.485. The van der Waals surface area contributed by atoms with Crippen molar-refractivity contribution in [1.82, 2.24) is 9.78 Å². The molecule has 0 aliphatic carbocycles. The molecule has 0 saturated carbocycles. The molecule has 4 nitrogen and oxygen atoms in total. The first-order valence-electron chi connectivity index (χ1n) is 6.38. The molecule has 0 bridgehead atoms. The van der Waals surface area contributed by atoms with Gasteiger partial charge < -0.3 is 10.5 Å². The predicted molar refractivity (Wildman–Crippen MR) is 79.2 cm³/mol. The monoisotopic (exact) mass is 341 g/mol. The quantitative estimate of drug-likeness (QED) is 0.908. The van der Waals surface area contributed by atoms with Crippen LogP contribution in [0.5, 0.6) is 5.75 Å². The third-order valence-corrected chi connectivity index (χ3v) is 3.74. The van der Waals surface area contributed by atoms with Crippen LogP contribution in [0.4, 0.5) is 4.39 Å². The second-order valence-electron chi connectivity index (χ2n) is 4.47. The maximum absolute atomic E-state index is 13.7. The maximum Gasteiger partial charge on any atom is 0.161 e. The van der Waals surface area contributed by atoms with E-state index in [1.165, 1.54) is 6.07 Å². The van der Waals surface area contributed by atoms with Gasteiger partial charge in [0.1, 0.15) is 11.5 Å². The summed E-state index contributed by atoms with van der Waals surface area (Å²) in [5.41, 5.74) is 7.71. The Balaban J connectivity index is 2.43. The van der Waals surface area contributed by atoms with Gasteiger partial charge in [0.25, 0.3) is 0 Å². The number of hydrogen-bond donors (Lipinski definition) is 1. The maximum atomic E-state index is 13.7. The molecule has 1 aromatic carbocycles. The number of nitrogens with zero attached hydrogens (tertiary/aromatic N) is 2. The zero-order valence-corrected chi connectivity index (χ0v) is 13.0. The molecule has 0 amide bonds. The van der Waals surface area contributed by atoms with E-state index < -0.39 is 6.04 Å². The molecule has 1 heterocycles. The first kappa shape index (κ1) is 15.0. The Bertz CT molecular complexity index is 600. The first-order valence-corrected chi connectivity index (χ1v) is 7.18. The minimum Gasteiger partial charge on any atom is -0.493 e. The van der Waals surface area contributed by atoms with E-state index in [1.54, 1.807) is 25.4 Å². The molecule has 0 aliphatic rings. The van der Waals surface area contributed by atoms with Gasteiger partial charge in [-0.25, -0.2) is 4.39 Å². The van der Waals surface area contributed by atoms with E-state index in [-0.39, 0.29) is 5.82 Å². The van der Waals surface area contributed by atoms with Crippen molar-refractivity contribution >= 4 is 15.9 Å². The summed E-state index contributed by atoms with van der Waals surface area (Å²) in [7, 11) is 1.58. The molecular formula is C14H17BrFN3O. The molecule has 0 saturated heterocycles. The molecule has 108 valence electrons. The van der Waals surface area contributed by atoms with Crippen LogP contribution in [-0.2, 0) is 6.54 Å². The molecule has 6 heteroatoms. The summed E-state index contributed by atoms with van der Waals surface area (Å²) in [4.78, 5) is 0. The van der Waals surface area contributed by atoms with Crippen LogP contribution in [0.15, 0.2) is 28.9 Å². The molecule has 0 aliphatic heterocycles. The predicted octanol–water partition coefficient (Wildman–Crippen LogP) is 3.25. The van der Waals surface area contributed by atoms with E-state index in [0.717, 1.165) is 18.7 Å². The van der Waals surface area contributed by atoms with Gasteiger partial charge in [-0.15, -0.1) is 0 Å². The van der Waals surface area contributed by atoms with Gasteiger partial charge in [0.15, 0.2) is 5.75 Å². The van der Waals surface area contributed by atoms with Crippen molar-refractivity contribution in [3.8, 4) is 5.75 Å². The Morgan fingerprint density at radius 2 is 2.25 bits per heavy atom. The van der Waals surface area contributed by atoms with Gasteiger partial charge in [-0.05, 0) is 40.0 Å². The number of nitrogens with two attached hydrogens (primary N) is 1. The van der Waals surface area contributed by atoms with Gasteiger partial charge in [0.2, 0.25) is 0 Å². The molecule has 2 N–H and O–H groups in total. The number of methoxy groups -OCH3 is 1. The van der Waals surface area contributed by atoms with Crippen molar-refractivity contribution in [1.29, 1.82) is 0 Å². The fourth-order valence-corrected chi connectivity index (χ4v) is 2.35. The van der Waals surface area contributed by atoms with Crippen LogP contribution in [0, 0.1) is 5.82 Å². The van der Waals surface area contributed by atoms with Gasteiger partial charge in [0, 0.05) is 6.54 Å². The Labute approximate surface area is 125 Å². The van der Waals surface area contributed by atoms with Gasteiger partial charge in [-0.2, -0.15) is 5.10 Å². The molecule has 0 fully saturated rings. The molecular weight excluding hydrogens is 325 g/mol. The van der Waals surface area contributed by atoms with Crippen molar-refractivity contribution in [2.75, 3.05) is 7.11 Å². The highest BCUT2D eigenvalue weighted by atomic mass is 79.9. The van der Waals surface area contributed by atoms with Crippen LogP contribution in [-0.4, -0.2) is 16.9 Å². The second kappa shape index (κ2) is 6.37. The third kappa shape index (κ3) is 2.86. The fraction of sp³-hybridized carbons (Fsp3) is 0.357. The summed E-state index contributed by atoms with van der Waals surface area (Å²) in [6.07, 6.45) is 2.57. The van der Waals surface area contributed by atoms with E-state index in [0.29, 0.717) is 15.8 Å². The van der Waals surface area contributed by atoms with E-state index in [2.05, 4.69) is 28.0 Å². The molecule has 0 radical (unpaired) electrons. The van der Waals surface area contributed by atoms with Crippen molar-refractivity contribution < 1.29 is 9.13 Å². The van der Waals surface area contributed by atoms with Crippen molar-refractivity contribution in [3.05, 3.63) is 45.9 Å². The third-order valence-electron chi connectivity index (χ3n) is 3.10. The van der Waals surface area contributed by atoms with Gasteiger partial charge in [-0.1, -0.05) is 13.0 Å². The Morgan fingerprint density at radius 1 is 1.50 bits per heavy atom. The van der Waals surface area contributed by atoms with Crippen molar-refractivity contribution in [2.45, 2.75) is 25.9 Å². The SMILES string of the molecule is CCCn1ncc(OC)c1C(N)c1ccc(Br)c(F)c1. The molecule has 2 aromatic rings. The Hall–Kier alpha value is -1.40. The molecule has 1 aromatic heterocycles. The van der Waals surface area contributed by atoms with E-state index >= 15 is 0 Å². The number of rotatable bonds is 5. The Kier molecular flexibility index (Phi) is 4.77. The normalized spacial score (nSPS) is 12.4. The fourth-order valence-electron chi connectivity index (χ4n) is 2.10. The Morgan fingerprint density at radius 3 is 2.85 bits per heavy atom.